The molecule has 0 aliphatic rings. The topological polar surface area (TPSA) is 78.9 Å². The molecule has 2 aromatic carbocycles. The van der Waals surface area contributed by atoms with Crippen molar-refractivity contribution in [1.82, 2.24) is 25.0 Å². The second-order valence-electron chi connectivity index (χ2n) is 5.90. The largest absolute Gasteiger partial charge is 0.497 e. The number of methoxy groups -OCH3 is 1. The van der Waals surface area contributed by atoms with Crippen molar-refractivity contribution in [3.05, 3.63) is 65.8 Å². The molecule has 0 saturated heterocycles. The highest BCUT2D eigenvalue weighted by Gasteiger charge is 2.19. The highest BCUT2D eigenvalue weighted by atomic mass is 35.5. The van der Waals surface area contributed by atoms with Crippen LogP contribution in [0.4, 0.5) is 0 Å². The molecule has 4 aromatic rings. The minimum absolute atomic E-state index is 0.110. The van der Waals surface area contributed by atoms with E-state index in [2.05, 4.69) is 20.4 Å². The summed E-state index contributed by atoms with van der Waals surface area (Å²) >= 11 is 7.57. The van der Waals surface area contributed by atoms with E-state index in [0.29, 0.717) is 22.0 Å². The molecule has 2 aromatic heterocycles. The fraction of sp³-hybridized carbons (Fsp3) is 0.158. The predicted molar refractivity (Wildman–Crippen MR) is 107 cm³/mol. The van der Waals surface area contributed by atoms with E-state index < -0.39 is 0 Å². The average Bonchev–Trinajstić information content (AvgIpc) is 3.38. The number of rotatable bonds is 6. The zero-order valence-corrected chi connectivity index (χ0v) is 16.7. The van der Waals surface area contributed by atoms with Crippen molar-refractivity contribution in [2.45, 2.75) is 17.3 Å². The molecule has 4 rings (SSSR count). The van der Waals surface area contributed by atoms with Gasteiger partial charge in [0, 0.05) is 10.6 Å². The van der Waals surface area contributed by atoms with Crippen molar-refractivity contribution in [1.29, 1.82) is 0 Å². The fourth-order valence-electron chi connectivity index (χ4n) is 2.57. The third-order valence-corrected chi connectivity index (χ3v) is 5.29. The summed E-state index contributed by atoms with van der Waals surface area (Å²) in [5.74, 6) is 1.74. The minimum atomic E-state index is -0.110. The van der Waals surface area contributed by atoms with Gasteiger partial charge in [-0.1, -0.05) is 29.4 Å². The Morgan fingerprint density at radius 3 is 2.68 bits per heavy atom. The van der Waals surface area contributed by atoms with Crippen molar-refractivity contribution in [2.24, 2.45) is 0 Å². The molecule has 0 aliphatic carbocycles. The van der Waals surface area contributed by atoms with Gasteiger partial charge in [0.2, 0.25) is 11.8 Å². The molecule has 0 radical (unpaired) electrons. The summed E-state index contributed by atoms with van der Waals surface area (Å²) in [5, 5.41) is 17.8. The Hall–Kier alpha value is -2.84. The van der Waals surface area contributed by atoms with E-state index in [0.717, 1.165) is 17.0 Å². The van der Waals surface area contributed by atoms with Crippen molar-refractivity contribution >= 4 is 23.4 Å². The lowest BCUT2D eigenvalue weighted by Gasteiger charge is -2.09. The minimum Gasteiger partial charge on any atom is -0.497 e. The van der Waals surface area contributed by atoms with Crippen LogP contribution >= 0.6 is 23.4 Å². The third kappa shape index (κ3) is 3.88. The molecular formula is C19H16ClN5O2S. The molecular weight excluding hydrogens is 398 g/mol. The summed E-state index contributed by atoms with van der Waals surface area (Å²) in [4.78, 5) is 0. The van der Waals surface area contributed by atoms with Gasteiger partial charge in [0.1, 0.15) is 12.1 Å². The number of benzene rings is 2. The van der Waals surface area contributed by atoms with Crippen molar-refractivity contribution in [2.75, 3.05) is 7.11 Å². The molecule has 28 heavy (non-hydrogen) atoms. The summed E-state index contributed by atoms with van der Waals surface area (Å²) in [7, 11) is 1.63. The zero-order chi connectivity index (χ0) is 19.5. The first kappa shape index (κ1) is 18.5. The highest BCUT2D eigenvalue weighted by molar-refractivity contribution is 7.99. The van der Waals surface area contributed by atoms with Crippen LogP contribution in [0.5, 0.6) is 5.75 Å². The Kier molecular flexibility index (Phi) is 5.31. The monoisotopic (exact) mass is 413 g/mol. The molecule has 0 amide bonds. The predicted octanol–water partition coefficient (Wildman–Crippen LogP) is 4.83. The smallest absolute Gasteiger partial charge is 0.247 e. The quantitative estimate of drug-likeness (QED) is 0.419. The SMILES string of the molecule is COc1ccc(-c2nnc([C@H](C)Sc3nncn3-c3cccc(Cl)c3)o2)cc1. The van der Waals surface area contributed by atoms with Gasteiger partial charge in [-0.3, -0.25) is 4.57 Å². The first-order valence-electron chi connectivity index (χ1n) is 8.44. The maximum atomic E-state index is 6.09. The Balaban J connectivity index is 1.53. The lowest BCUT2D eigenvalue weighted by molar-refractivity contribution is 0.415. The number of hydrogen-bond acceptors (Lipinski definition) is 7. The highest BCUT2D eigenvalue weighted by Crippen LogP contribution is 2.35. The lowest BCUT2D eigenvalue weighted by atomic mass is 10.2. The van der Waals surface area contributed by atoms with E-state index in [9.17, 15) is 0 Å². The van der Waals surface area contributed by atoms with Crippen LogP contribution in [-0.4, -0.2) is 32.1 Å². The summed E-state index contributed by atoms with van der Waals surface area (Å²) in [6.07, 6.45) is 1.65. The summed E-state index contributed by atoms with van der Waals surface area (Å²) in [5.41, 5.74) is 1.72. The van der Waals surface area contributed by atoms with E-state index >= 15 is 0 Å². The van der Waals surface area contributed by atoms with E-state index in [4.69, 9.17) is 20.8 Å². The summed E-state index contributed by atoms with van der Waals surface area (Å²) in [6, 6.07) is 15.0. The van der Waals surface area contributed by atoms with Gasteiger partial charge in [-0.05, 0) is 49.4 Å². The Labute approximate surface area is 170 Å². The lowest BCUT2D eigenvalue weighted by Crippen LogP contribution is -1.97. The molecule has 0 bridgehead atoms. The third-order valence-electron chi connectivity index (χ3n) is 4.01. The molecule has 0 N–H and O–H groups in total. The van der Waals surface area contributed by atoms with Gasteiger partial charge >= 0.3 is 0 Å². The van der Waals surface area contributed by atoms with Gasteiger partial charge in [-0.25, -0.2) is 0 Å². The molecule has 0 fully saturated rings. The number of aromatic nitrogens is 5. The van der Waals surface area contributed by atoms with Crippen LogP contribution < -0.4 is 4.74 Å². The number of hydrogen-bond donors (Lipinski definition) is 0. The molecule has 0 unspecified atom stereocenters. The van der Waals surface area contributed by atoms with E-state index in [1.807, 2.05) is 60.0 Å². The van der Waals surface area contributed by atoms with Crippen molar-refractivity contribution < 1.29 is 9.15 Å². The molecule has 142 valence electrons. The second kappa shape index (κ2) is 8.04. The molecule has 0 spiro atoms. The van der Waals surface area contributed by atoms with Gasteiger partial charge in [0.15, 0.2) is 5.16 Å². The van der Waals surface area contributed by atoms with Gasteiger partial charge in [-0.2, -0.15) is 0 Å². The maximum Gasteiger partial charge on any atom is 0.247 e. The molecule has 0 saturated carbocycles. The standard InChI is InChI=1S/C19H16ClN5O2S/c1-12(17-22-23-18(27-17)13-6-8-16(26-2)9-7-13)28-19-24-21-11-25(19)15-5-3-4-14(20)10-15/h3-12H,1-2H3/t12-/m0/s1. The van der Waals surface area contributed by atoms with Crippen LogP contribution in [0.15, 0.2) is 64.4 Å². The van der Waals surface area contributed by atoms with E-state index in [-0.39, 0.29) is 5.25 Å². The molecule has 1 atom stereocenters. The van der Waals surface area contributed by atoms with Crippen LogP contribution in [0.25, 0.3) is 17.1 Å². The van der Waals surface area contributed by atoms with Gasteiger partial charge in [0.25, 0.3) is 0 Å². The summed E-state index contributed by atoms with van der Waals surface area (Å²) < 4.78 is 12.9. The summed E-state index contributed by atoms with van der Waals surface area (Å²) in [6.45, 7) is 1.98. The van der Waals surface area contributed by atoms with Crippen molar-refractivity contribution in [3.63, 3.8) is 0 Å². The van der Waals surface area contributed by atoms with E-state index in [1.165, 1.54) is 11.8 Å². The second-order valence-corrected chi connectivity index (χ2v) is 7.64. The Bertz CT molecular complexity index is 1080. The zero-order valence-electron chi connectivity index (χ0n) is 15.1. The van der Waals surface area contributed by atoms with Crippen LogP contribution in [0, 0.1) is 0 Å². The maximum absolute atomic E-state index is 6.09. The van der Waals surface area contributed by atoms with Crippen LogP contribution in [0.2, 0.25) is 5.02 Å². The molecule has 2 heterocycles. The first-order valence-corrected chi connectivity index (χ1v) is 9.70. The Morgan fingerprint density at radius 2 is 1.93 bits per heavy atom. The molecule has 9 heteroatoms. The normalized spacial score (nSPS) is 12.1. The fourth-order valence-corrected chi connectivity index (χ4v) is 3.62. The number of ether oxygens (including phenoxy) is 1. The van der Waals surface area contributed by atoms with Crippen LogP contribution in [0.3, 0.4) is 0 Å². The average molecular weight is 414 g/mol. The number of halogens is 1. The van der Waals surface area contributed by atoms with Gasteiger partial charge < -0.3 is 9.15 Å². The Morgan fingerprint density at radius 1 is 1.11 bits per heavy atom. The number of nitrogens with zero attached hydrogens (tertiary/aromatic N) is 5. The van der Waals surface area contributed by atoms with Crippen molar-refractivity contribution in [3.8, 4) is 22.9 Å². The molecule has 0 aliphatic heterocycles. The van der Waals surface area contributed by atoms with Crippen LogP contribution in [-0.2, 0) is 0 Å². The van der Waals surface area contributed by atoms with Gasteiger partial charge in [0.05, 0.1) is 18.0 Å². The van der Waals surface area contributed by atoms with Gasteiger partial charge in [-0.15, -0.1) is 20.4 Å². The van der Waals surface area contributed by atoms with Crippen LogP contribution in [0.1, 0.15) is 18.1 Å². The molecule has 7 nitrogen and oxygen atoms in total. The number of thioether (sulfide) groups is 1. The first-order chi connectivity index (χ1) is 13.6. The van der Waals surface area contributed by atoms with E-state index in [1.54, 1.807) is 13.4 Å².